The first-order valence-corrected chi connectivity index (χ1v) is 6.88. The fraction of sp³-hybridized carbons (Fsp3) is 0.333. The van der Waals surface area contributed by atoms with E-state index in [-0.39, 0.29) is 18.5 Å². The average molecular weight is 302 g/mol. The number of aryl methyl sites for hydroxylation is 1. The molecule has 0 atom stereocenters. The van der Waals surface area contributed by atoms with Crippen LogP contribution in [0.2, 0.25) is 0 Å². The van der Waals surface area contributed by atoms with Crippen molar-refractivity contribution >= 4 is 11.9 Å². The van der Waals surface area contributed by atoms with Gasteiger partial charge in [0.1, 0.15) is 19.2 Å². The van der Waals surface area contributed by atoms with Crippen molar-refractivity contribution in [3.05, 3.63) is 42.0 Å². The summed E-state index contributed by atoms with van der Waals surface area (Å²) < 4.78 is 1.60. The van der Waals surface area contributed by atoms with E-state index in [4.69, 9.17) is 5.11 Å². The smallest absolute Gasteiger partial charge is 0.323 e. The van der Waals surface area contributed by atoms with Crippen molar-refractivity contribution in [1.82, 2.24) is 19.7 Å². The second-order valence-electron chi connectivity index (χ2n) is 5.26. The molecule has 0 aliphatic rings. The van der Waals surface area contributed by atoms with E-state index in [1.54, 1.807) is 37.0 Å². The Kier molecular flexibility index (Phi) is 4.55. The Labute approximate surface area is 128 Å². The minimum atomic E-state index is -1.03. The van der Waals surface area contributed by atoms with Crippen LogP contribution >= 0.6 is 0 Å². The Bertz CT molecular complexity index is 680. The predicted molar refractivity (Wildman–Crippen MR) is 79.9 cm³/mol. The minimum Gasteiger partial charge on any atom is -0.480 e. The molecule has 1 amide bonds. The molecule has 0 unspecified atom stereocenters. The van der Waals surface area contributed by atoms with Crippen LogP contribution in [0.3, 0.4) is 0 Å². The summed E-state index contributed by atoms with van der Waals surface area (Å²) in [5, 5.41) is 13.0. The highest BCUT2D eigenvalue weighted by atomic mass is 16.4. The number of carbonyl (C=O) groups is 2. The number of aliphatic carboxylic acids is 1. The molecule has 2 aromatic rings. The summed E-state index contributed by atoms with van der Waals surface area (Å²) >= 11 is 0. The van der Waals surface area contributed by atoms with Crippen LogP contribution in [0.4, 0.5) is 0 Å². The first kappa shape index (κ1) is 15.7. The van der Waals surface area contributed by atoms with E-state index in [9.17, 15) is 9.59 Å². The van der Waals surface area contributed by atoms with Gasteiger partial charge in [-0.3, -0.25) is 9.59 Å². The van der Waals surface area contributed by atoms with Gasteiger partial charge < -0.3 is 10.0 Å². The molecule has 0 fully saturated rings. The third-order valence-electron chi connectivity index (χ3n) is 3.31. The summed E-state index contributed by atoms with van der Waals surface area (Å²) in [5.41, 5.74) is 2.04. The topological polar surface area (TPSA) is 88.3 Å². The van der Waals surface area contributed by atoms with Crippen molar-refractivity contribution in [2.45, 2.75) is 26.8 Å². The molecule has 1 aromatic carbocycles. The molecule has 2 rings (SSSR count). The lowest BCUT2D eigenvalue weighted by atomic mass is 10.1. The van der Waals surface area contributed by atoms with E-state index in [1.165, 1.54) is 11.2 Å². The molecule has 0 saturated heterocycles. The van der Waals surface area contributed by atoms with Gasteiger partial charge in [0.15, 0.2) is 0 Å². The second kappa shape index (κ2) is 6.38. The summed E-state index contributed by atoms with van der Waals surface area (Å²) in [6.07, 6.45) is 3.00. The molecule has 7 nitrogen and oxygen atoms in total. The van der Waals surface area contributed by atoms with Crippen LogP contribution < -0.4 is 0 Å². The quantitative estimate of drug-likeness (QED) is 0.904. The number of rotatable bonds is 5. The third-order valence-corrected chi connectivity index (χ3v) is 3.31. The van der Waals surface area contributed by atoms with Crippen molar-refractivity contribution in [2.24, 2.45) is 0 Å². The summed E-state index contributed by atoms with van der Waals surface area (Å²) in [6, 6.07) is 5.07. The van der Waals surface area contributed by atoms with Crippen LogP contribution in [0.1, 0.15) is 29.8 Å². The SMILES string of the molecule is Cc1cc(-n2cncn2)ccc1C(=O)N(CC(=O)O)C(C)C. The highest BCUT2D eigenvalue weighted by molar-refractivity contribution is 5.97. The number of amides is 1. The Hall–Kier alpha value is -2.70. The molecule has 1 aromatic heterocycles. The molecule has 0 spiro atoms. The zero-order valence-electron chi connectivity index (χ0n) is 12.7. The normalized spacial score (nSPS) is 10.7. The fourth-order valence-corrected chi connectivity index (χ4v) is 2.16. The molecule has 0 radical (unpaired) electrons. The number of carboxylic acids is 1. The molecule has 0 aliphatic carbocycles. The van der Waals surface area contributed by atoms with Crippen molar-refractivity contribution in [3.63, 3.8) is 0 Å². The first-order valence-electron chi connectivity index (χ1n) is 6.88. The van der Waals surface area contributed by atoms with Crippen molar-refractivity contribution in [3.8, 4) is 5.69 Å². The highest BCUT2D eigenvalue weighted by Gasteiger charge is 2.22. The number of carbonyl (C=O) groups excluding carboxylic acids is 1. The molecule has 22 heavy (non-hydrogen) atoms. The summed E-state index contributed by atoms with van der Waals surface area (Å²) in [4.78, 5) is 28.7. The maximum atomic E-state index is 12.6. The van der Waals surface area contributed by atoms with Gasteiger partial charge in [-0.1, -0.05) is 0 Å². The van der Waals surface area contributed by atoms with Gasteiger partial charge >= 0.3 is 5.97 Å². The Morgan fingerprint density at radius 3 is 2.59 bits per heavy atom. The summed E-state index contributed by atoms with van der Waals surface area (Å²) in [5.74, 6) is -1.32. The maximum absolute atomic E-state index is 12.6. The van der Waals surface area contributed by atoms with Crippen LogP contribution in [-0.4, -0.2) is 49.2 Å². The number of benzene rings is 1. The predicted octanol–water partition coefficient (Wildman–Crippen LogP) is 1.51. The standard InChI is InChI=1S/C15H18N4O3/c1-10(2)18(7-14(20)21)15(22)13-5-4-12(6-11(13)3)19-9-16-8-17-19/h4-6,8-10H,7H2,1-3H3,(H,20,21). The summed E-state index contributed by atoms with van der Waals surface area (Å²) in [6.45, 7) is 5.08. The molecule has 1 N–H and O–H groups in total. The average Bonchev–Trinajstić information content (AvgIpc) is 2.97. The molecule has 1 heterocycles. The van der Waals surface area contributed by atoms with Crippen LogP contribution in [0.25, 0.3) is 5.69 Å². The van der Waals surface area contributed by atoms with Gasteiger partial charge in [0.05, 0.1) is 5.69 Å². The fourth-order valence-electron chi connectivity index (χ4n) is 2.16. The molecular weight excluding hydrogens is 284 g/mol. The summed E-state index contributed by atoms with van der Waals surface area (Å²) in [7, 11) is 0. The van der Waals surface area contributed by atoms with Gasteiger partial charge in [-0.05, 0) is 44.5 Å². The van der Waals surface area contributed by atoms with E-state index in [0.29, 0.717) is 5.56 Å². The largest absolute Gasteiger partial charge is 0.480 e. The molecule has 0 bridgehead atoms. The van der Waals surface area contributed by atoms with Crippen molar-refractivity contribution in [1.29, 1.82) is 0 Å². The molecule has 116 valence electrons. The highest BCUT2D eigenvalue weighted by Crippen LogP contribution is 2.17. The van der Waals surface area contributed by atoms with Crippen molar-refractivity contribution < 1.29 is 14.7 Å². The zero-order valence-corrected chi connectivity index (χ0v) is 12.7. The van der Waals surface area contributed by atoms with Crippen LogP contribution in [-0.2, 0) is 4.79 Å². The number of carboxylic acid groups (broad SMARTS) is 1. The van der Waals surface area contributed by atoms with E-state index in [1.807, 2.05) is 13.0 Å². The van der Waals surface area contributed by atoms with Crippen LogP contribution in [0.5, 0.6) is 0 Å². The number of hydrogen-bond acceptors (Lipinski definition) is 4. The van der Waals surface area contributed by atoms with Gasteiger partial charge in [0.25, 0.3) is 5.91 Å². The van der Waals surface area contributed by atoms with Crippen LogP contribution in [0, 0.1) is 6.92 Å². The lowest BCUT2D eigenvalue weighted by molar-refractivity contribution is -0.138. The first-order chi connectivity index (χ1) is 10.4. The Balaban J connectivity index is 2.31. The molecule has 0 aliphatic heterocycles. The van der Waals surface area contributed by atoms with E-state index in [2.05, 4.69) is 10.1 Å². The van der Waals surface area contributed by atoms with E-state index < -0.39 is 5.97 Å². The van der Waals surface area contributed by atoms with Gasteiger partial charge in [-0.2, -0.15) is 5.10 Å². The number of nitrogens with zero attached hydrogens (tertiary/aromatic N) is 4. The number of aromatic nitrogens is 3. The van der Waals surface area contributed by atoms with Crippen molar-refractivity contribution in [2.75, 3.05) is 6.54 Å². The lowest BCUT2D eigenvalue weighted by Gasteiger charge is -2.25. The van der Waals surface area contributed by atoms with Gasteiger partial charge in [-0.25, -0.2) is 9.67 Å². The zero-order chi connectivity index (χ0) is 16.3. The van der Waals surface area contributed by atoms with Gasteiger partial charge in [0, 0.05) is 11.6 Å². The molecular formula is C15H18N4O3. The van der Waals surface area contributed by atoms with E-state index in [0.717, 1.165) is 11.3 Å². The molecule has 7 heteroatoms. The lowest BCUT2D eigenvalue weighted by Crippen LogP contribution is -2.40. The van der Waals surface area contributed by atoms with Gasteiger partial charge in [-0.15, -0.1) is 0 Å². The Morgan fingerprint density at radius 2 is 2.09 bits per heavy atom. The molecule has 0 saturated carbocycles. The monoisotopic (exact) mass is 302 g/mol. The van der Waals surface area contributed by atoms with Gasteiger partial charge in [0.2, 0.25) is 0 Å². The Morgan fingerprint density at radius 1 is 1.36 bits per heavy atom. The number of hydrogen-bond donors (Lipinski definition) is 1. The third kappa shape index (κ3) is 3.30. The van der Waals surface area contributed by atoms with E-state index >= 15 is 0 Å². The second-order valence-corrected chi connectivity index (χ2v) is 5.26. The van der Waals surface area contributed by atoms with Crippen LogP contribution in [0.15, 0.2) is 30.9 Å². The maximum Gasteiger partial charge on any atom is 0.323 e. The minimum absolute atomic E-state index is 0.196.